The topological polar surface area (TPSA) is 78.7 Å². The fourth-order valence-corrected chi connectivity index (χ4v) is 6.37. The quantitative estimate of drug-likeness (QED) is 0.233. The van der Waals surface area contributed by atoms with Gasteiger partial charge in [-0.15, -0.1) is 0 Å². The van der Waals surface area contributed by atoms with E-state index < -0.39 is 0 Å². The van der Waals surface area contributed by atoms with Crippen LogP contribution in [0, 0.1) is 0 Å². The minimum atomic E-state index is -0.288. The van der Waals surface area contributed by atoms with Gasteiger partial charge in [-0.25, -0.2) is 0 Å². The molecule has 1 fully saturated rings. The van der Waals surface area contributed by atoms with Crippen LogP contribution in [-0.4, -0.2) is 66.9 Å². The summed E-state index contributed by atoms with van der Waals surface area (Å²) in [6.07, 6.45) is 2.22. The summed E-state index contributed by atoms with van der Waals surface area (Å²) in [7, 11) is 2.01. The van der Waals surface area contributed by atoms with Crippen LogP contribution in [0.3, 0.4) is 0 Å². The van der Waals surface area contributed by atoms with Gasteiger partial charge in [-0.2, -0.15) is 0 Å². The van der Waals surface area contributed by atoms with E-state index in [4.69, 9.17) is 5.73 Å². The average molecular weight is 628 g/mol. The second-order valence-electron chi connectivity index (χ2n) is 11.1. The molecule has 1 aliphatic rings. The SMILES string of the molecule is CN1C(CNC(=O)c2ccc3cc(Br)ccc3c2)CCN(CC(c2ccccc2)c2ccccc2)C(=O)[C@@H]1CCCN. The molecule has 5 rings (SSSR count). The lowest BCUT2D eigenvalue weighted by atomic mass is 9.90. The molecule has 3 N–H and O–H groups in total. The summed E-state index contributed by atoms with van der Waals surface area (Å²) >= 11 is 3.51. The Morgan fingerprint density at radius 3 is 2.26 bits per heavy atom. The standard InChI is InChI=1S/C35H39BrN4O2/c1-39-31(23-38-34(41)29-15-14-28-22-30(36)17-16-27(28)21-29)18-20-40(35(42)33(39)13-8-19-37)24-32(25-9-4-2-5-10-25)26-11-6-3-7-12-26/h2-7,9-12,14-17,21-22,31-33H,8,13,18-20,23-24,37H2,1H3,(H,38,41)/t31?,33-/m0/s1. The third-order valence-corrected chi connectivity index (χ3v) is 8.94. The van der Waals surface area contributed by atoms with Crippen LogP contribution < -0.4 is 11.1 Å². The van der Waals surface area contributed by atoms with Crippen LogP contribution >= 0.6 is 15.9 Å². The zero-order valence-corrected chi connectivity index (χ0v) is 25.7. The van der Waals surface area contributed by atoms with Crippen molar-refractivity contribution in [3.8, 4) is 0 Å². The molecule has 0 saturated carbocycles. The molecule has 0 radical (unpaired) electrons. The number of fused-ring (bicyclic) bond motifs is 1. The first kappa shape index (κ1) is 30.0. The molecule has 0 spiro atoms. The molecule has 0 aromatic heterocycles. The third-order valence-electron chi connectivity index (χ3n) is 8.45. The molecular weight excluding hydrogens is 588 g/mol. The highest BCUT2D eigenvalue weighted by Gasteiger charge is 2.36. The summed E-state index contributed by atoms with van der Waals surface area (Å²) in [6.45, 7) is 2.24. The second kappa shape index (κ2) is 14.1. The zero-order chi connectivity index (χ0) is 29.5. The lowest BCUT2D eigenvalue weighted by Crippen LogP contribution is -2.50. The highest BCUT2D eigenvalue weighted by molar-refractivity contribution is 9.10. The Morgan fingerprint density at radius 2 is 1.60 bits per heavy atom. The van der Waals surface area contributed by atoms with Gasteiger partial charge in [0, 0.05) is 41.6 Å². The van der Waals surface area contributed by atoms with E-state index in [-0.39, 0.29) is 29.8 Å². The largest absolute Gasteiger partial charge is 0.350 e. The maximum Gasteiger partial charge on any atom is 0.251 e. The van der Waals surface area contributed by atoms with Gasteiger partial charge in [-0.3, -0.25) is 14.5 Å². The maximum atomic E-state index is 14.1. The van der Waals surface area contributed by atoms with Crippen molar-refractivity contribution in [2.45, 2.75) is 37.3 Å². The average Bonchev–Trinajstić information content (AvgIpc) is 3.13. The molecule has 1 unspecified atom stereocenters. The summed E-state index contributed by atoms with van der Waals surface area (Å²) in [5.41, 5.74) is 8.90. The Balaban J connectivity index is 1.33. The molecule has 1 heterocycles. The third kappa shape index (κ3) is 7.09. The minimum absolute atomic E-state index is 0.0222. The number of nitrogens with one attached hydrogen (secondary N) is 1. The van der Waals surface area contributed by atoms with Crippen molar-refractivity contribution in [2.75, 3.05) is 33.2 Å². The number of halogens is 1. The highest BCUT2D eigenvalue weighted by Crippen LogP contribution is 2.28. The first-order valence-corrected chi connectivity index (χ1v) is 15.5. The minimum Gasteiger partial charge on any atom is -0.350 e. The maximum absolute atomic E-state index is 14.1. The van der Waals surface area contributed by atoms with E-state index >= 15 is 0 Å². The van der Waals surface area contributed by atoms with Crippen LogP contribution in [0.1, 0.15) is 46.7 Å². The molecule has 218 valence electrons. The van der Waals surface area contributed by atoms with Crippen LogP contribution in [0.25, 0.3) is 10.8 Å². The summed E-state index contributed by atoms with van der Waals surface area (Å²) in [4.78, 5) is 31.5. The fourth-order valence-electron chi connectivity index (χ4n) is 5.99. The van der Waals surface area contributed by atoms with Crippen molar-refractivity contribution in [1.29, 1.82) is 0 Å². The van der Waals surface area contributed by atoms with Crippen molar-refractivity contribution in [3.63, 3.8) is 0 Å². The molecule has 42 heavy (non-hydrogen) atoms. The van der Waals surface area contributed by atoms with Gasteiger partial charge < -0.3 is 16.0 Å². The zero-order valence-electron chi connectivity index (χ0n) is 24.1. The predicted molar refractivity (Wildman–Crippen MR) is 174 cm³/mol. The highest BCUT2D eigenvalue weighted by atomic mass is 79.9. The smallest absolute Gasteiger partial charge is 0.251 e. The summed E-state index contributed by atoms with van der Waals surface area (Å²) in [6, 6.07) is 32.4. The molecule has 4 aromatic rings. The van der Waals surface area contributed by atoms with E-state index in [1.54, 1.807) is 0 Å². The predicted octanol–water partition coefficient (Wildman–Crippen LogP) is 5.80. The van der Waals surface area contributed by atoms with Gasteiger partial charge in [0.05, 0.1) is 6.04 Å². The first-order valence-electron chi connectivity index (χ1n) is 14.7. The van der Waals surface area contributed by atoms with Crippen LogP contribution in [0.4, 0.5) is 0 Å². The van der Waals surface area contributed by atoms with Crippen LogP contribution in [0.15, 0.2) is 102 Å². The van der Waals surface area contributed by atoms with Crippen LogP contribution in [0.2, 0.25) is 0 Å². The van der Waals surface area contributed by atoms with Gasteiger partial charge in [0.2, 0.25) is 5.91 Å². The Morgan fingerprint density at radius 1 is 0.952 bits per heavy atom. The van der Waals surface area contributed by atoms with Crippen LogP contribution in [-0.2, 0) is 4.79 Å². The second-order valence-corrected chi connectivity index (χ2v) is 12.0. The summed E-state index contributed by atoms with van der Waals surface area (Å²) < 4.78 is 1.01. The number of carbonyl (C=O) groups excluding carboxylic acids is 2. The number of hydrogen-bond acceptors (Lipinski definition) is 4. The van der Waals surface area contributed by atoms with Gasteiger partial charge in [-0.05, 0) is 79.0 Å². The molecule has 1 aliphatic heterocycles. The van der Waals surface area contributed by atoms with Crippen molar-refractivity contribution < 1.29 is 9.59 Å². The van der Waals surface area contributed by atoms with E-state index in [0.717, 1.165) is 28.1 Å². The number of hydrogen-bond donors (Lipinski definition) is 2. The number of likely N-dealkylation sites (N-methyl/N-ethyl adjacent to an activating group) is 1. The van der Waals surface area contributed by atoms with Crippen molar-refractivity contribution in [1.82, 2.24) is 15.1 Å². The van der Waals surface area contributed by atoms with Gasteiger partial charge in [0.1, 0.15) is 0 Å². The monoisotopic (exact) mass is 626 g/mol. The van der Waals surface area contributed by atoms with E-state index in [9.17, 15) is 9.59 Å². The van der Waals surface area contributed by atoms with E-state index in [0.29, 0.717) is 38.2 Å². The van der Waals surface area contributed by atoms with Gasteiger partial charge >= 0.3 is 0 Å². The molecule has 4 aromatic carbocycles. The Kier molecular flexibility index (Phi) is 10.1. The molecular formula is C35H39BrN4O2. The molecule has 2 atom stereocenters. The summed E-state index contributed by atoms with van der Waals surface area (Å²) in [5.74, 6) is 0.103. The number of benzene rings is 4. The van der Waals surface area contributed by atoms with Gasteiger partial charge in [0.15, 0.2) is 0 Å². The number of nitrogens with two attached hydrogens (primary N) is 1. The molecule has 0 aliphatic carbocycles. The molecule has 7 heteroatoms. The summed E-state index contributed by atoms with van der Waals surface area (Å²) in [5, 5.41) is 5.26. The molecule has 0 bridgehead atoms. The molecule has 2 amide bonds. The number of rotatable bonds is 10. The fraction of sp³-hybridized carbons (Fsp3) is 0.314. The Labute approximate surface area is 257 Å². The van der Waals surface area contributed by atoms with Gasteiger partial charge in [-0.1, -0.05) is 88.7 Å². The Bertz CT molecular complexity index is 1460. The van der Waals surface area contributed by atoms with Crippen LogP contribution in [0.5, 0.6) is 0 Å². The molecule has 1 saturated heterocycles. The van der Waals surface area contributed by atoms with Crippen molar-refractivity contribution in [3.05, 3.63) is 118 Å². The normalized spacial score (nSPS) is 17.9. The Hall–Kier alpha value is -3.52. The number of nitrogens with zero attached hydrogens (tertiary/aromatic N) is 2. The first-order chi connectivity index (χ1) is 20.4. The van der Waals surface area contributed by atoms with Gasteiger partial charge in [0.25, 0.3) is 5.91 Å². The lowest BCUT2D eigenvalue weighted by Gasteiger charge is -2.33. The number of carbonyl (C=O) groups is 2. The lowest BCUT2D eigenvalue weighted by molar-refractivity contribution is -0.135. The molecule has 6 nitrogen and oxygen atoms in total. The van der Waals surface area contributed by atoms with E-state index in [2.05, 4.69) is 74.7 Å². The van der Waals surface area contributed by atoms with Crippen molar-refractivity contribution in [2.24, 2.45) is 5.73 Å². The number of amides is 2. The van der Waals surface area contributed by atoms with E-state index in [1.807, 2.05) is 60.5 Å². The van der Waals surface area contributed by atoms with E-state index in [1.165, 1.54) is 11.1 Å². The van der Waals surface area contributed by atoms with Crippen molar-refractivity contribution >= 4 is 38.5 Å².